The molecule has 1 aliphatic rings. The monoisotopic (exact) mass is 396 g/mol. The highest BCUT2D eigenvalue weighted by Crippen LogP contribution is 2.14. The number of likely N-dealkylation sites (tertiary alicyclic amines) is 1. The predicted octanol–water partition coefficient (Wildman–Crippen LogP) is 1.60. The zero-order valence-electron chi connectivity index (χ0n) is 11.3. The maximum atomic E-state index is 9.58. The molecule has 0 unspecified atom stereocenters. The zero-order chi connectivity index (χ0) is 13.0. The second kappa shape index (κ2) is 8.01. The molecule has 0 saturated carbocycles. The lowest BCUT2D eigenvalue weighted by molar-refractivity contribution is 0.188. The van der Waals surface area contributed by atoms with Crippen LogP contribution in [0.1, 0.15) is 23.9 Å². The van der Waals surface area contributed by atoms with Gasteiger partial charge in [0, 0.05) is 24.5 Å². The van der Waals surface area contributed by atoms with Gasteiger partial charge >= 0.3 is 0 Å². The maximum Gasteiger partial charge on any atom is 0.194 e. The van der Waals surface area contributed by atoms with Gasteiger partial charge in [0.1, 0.15) is 0 Å². The van der Waals surface area contributed by atoms with Crippen molar-refractivity contribution in [2.45, 2.75) is 32.9 Å². The number of nitrogens with zero attached hydrogens (tertiary/aromatic N) is 3. The lowest BCUT2D eigenvalue weighted by Crippen LogP contribution is -2.40. The van der Waals surface area contributed by atoms with Crippen LogP contribution in [0.4, 0.5) is 0 Å². The van der Waals surface area contributed by atoms with E-state index in [1.807, 2.05) is 12.4 Å². The summed E-state index contributed by atoms with van der Waals surface area (Å²) in [6.07, 6.45) is 0.600. The normalized spacial score (nSPS) is 19.4. The van der Waals surface area contributed by atoms with Crippen molar-refractivity contribution >= 4 is 41.3 Å². The summed E-state index contributed by atoms with van der Waals surface area (Å²) in [5.74, 6) is 0.891. The van der Waals surface area contributed by atoms with Gasteiger partial charge in [0.2, 0.25) is 0 Å². The largest absolute Gasteiger partial charge is 0.391 e. The summed E-state index contributed by atoms with van der Waals surface area (Å²) in [5, 5.41) is 12.9. The molecule has 0 aliphatic carbocycles. The number of aliphatic hydroxyl groups is 1. The zero-order valence-corrected chi connectivity index (χ0v) is 14.4. The SMILES string of the molecule is CCNC(=NCc1scnc1C)N1CC[C@@H](O)C1.I. The highest BCUT2D eigenvalue weighted by molar-refractivity contribution is 14.0. The van der Waals surface area contributed by atoms with E-state index in [1.165, 1.54) is 4.88 Å². The molecule has 7 heteroatoms. The molecular weight excluding hydrogens is 375 g/mol. The summed E-state index contributed by atoms with van der Waals surface area (Å²) >= 11 is 1.64. The van der Waals surface area contributed by atoms with Crippen molar-refractivity contribution in [1.29, 1.82) is 0 Å². The third kappa shape index (κ3) is 4.57. The first-order chi connectivity index (χ1) is 8.70. The smallest absolute Gasteiger partial charge is 0.194 e. The summed E-state index contributed by atoms with van der Waals surface area (Å²) in [6, 6.07) is 0. The second-order valence-electron chi connectivity index (χ2n) is 4.42. The van der Waals surface area contributed by atoms with E-state index >= 15 is 0 Å². The summed E-state index contributed by atoms with van der Waals surface area (Å²) in [5.41, 5.74) is 2.91. The van der Waals surface area contributed by atoms with Crippen LogP contribution in [-0.4, -0.2) is 46.7 Å². The predicted molar refractivity (Wildman–Crippen MR) is 89.3 cm³/mol. The number of halogens is 1. The molecule has 1 fully saturated rings. The van der Waals surface area contributed by atoms with Crippen LogP contribution in [-0.2, 0) is 6.54 Å². The molecule has 108 valence electrons. The van der Waals surface area contributed by atoms with E-state index in [1.54, 1.807) is 11.3 Å². The van der Waals surface area contributed by atoms with Crippen molar-refractivity contribution in [3.8, 4) is 0 Å². The van der Waals surface area contributed by atoms with Gasteiger partial charge < -0.3 is 15.3 Å². The Morgan fingerprint density at radius 3 is 3.00 bits per heavy atom. The number of rotatable bonds is 3. The van der Waals surface area contributed by atoms with Crippen LogP contribution < -0.4 is 5.32 Å². The topological polar surface area (TPSA) is 60.8 Å². The first-order valence-corrected chi connectivity index (χ1v) is 7.19. The second-order valence-corrected chi connectivity index (χ2v) is 5.36. The summed E-state index contributed by atoms with van der Waals surface area (Å²) in [7, 11) is 0. The molecule has 2 heterocycles. The Hall–Kier alpha value is -0.410. The minimum atomic E-state index is -0.223. The fourth-order valence-corrected chi connectivity index (χ4v) is 2.69. The standard InChI is InChI=1S/C12H20N4OS.HI/c1-3-13-12(16-5-4-10(17)7-16)14-6-11-9(2)15-8-18-11;/h8,10,17H,3-7H2,1-2H3,(H,13,14);1H/t10-;/m1./s1. The Balaban J connectivity index is 0.00000180. The fraction of sp³-hybridized carbons (Fsp3) is 0.667. The number of guanidine groups is 1. The van der Waals surface area contributed by atoms with Crippen LogP contribution >= 0.6 is 35.3 Å². The van der Waals surface area contributed by atoms with Gasteiger partial charge in [0.05, 0.1) is 23.9 Å². The van der Waals surface area contributed by atoms with Crippen LogP contribution in [0.2, 0.25) is 0 Å². The molecule has 2 rings (SSSR count). The van der Waals surface area contributed by atoms with Gasteiger partial charge in [0.15, 0.2) is 5.96 Å². The number of hydrogen-bond acceptors (Lipinski definition) is 4. The number of aryl methyl sites for hydroxylation is 1. The molecule has 1 saturated heterocycles. The number of aliphatic imine (C=N–C) groups is 1. The molecule has 1 aliphatic heterocycles. The average Bonchev–Trinajstić information content (AvgIpc) is 2.94. The summed E-state index contributed by atoms with van der Waals surface area (Å²) in [4.78, 5) is 12.2. The van der Waals surface area contributed by atoms with Crippen molar-refractivity contribution in [3.63, 3.8) is 0 Å². The van der Waals surface area contributed by atoms with Crippen LogP contribution in [0.5, 0.6) is 0 Å². The molecule has 0 amide bonds. The lowest BCUT2D eigenvalue weighted by atomic mass is 10.3. The molecule has 0 radical (unpaired) electrons. The van der Waals surface area contributed by atoms with Gasteiger partial charge in [-0.2, -0.15) is 0 Å². The lowest BCUT2D eigenvalue weighted by Gasteiger charge is -2.20. The van der Waals surface area contributed by atoms with E-state index in [0.29, 0.717) is 13.1 Å². The molecule has 1 aromatic heterocycles. The van der Waals surface area contributed by atoms with E-state index in [0.717, 1.165) is 31.2 Å². The minimum absolute atomic E-state index is 0. The number of nitrogens with one attached hydrogen (secondary N) is 1. The molecule has 0 aromatic carbocycles. The van der Waals surface area contributed by atoms with Crippen molar-refractivity contribution < 1.29 is 5.11 Å². The van der Waals surface area contributed by atoms with Gasteiger partial charge in [-0.25, -0.2) is 9.98 Å². The Morgan fingerprint density at radius 1 is 1.68 bits per heavy atom. The highest BCUT2D eigenvalue weighted by atomic mass is 127. The van der Waals surface area contributed by atoms with E-state index in [-0.39, 0.29) is 30.1 Å². The van der Waals surface area contributed by atoms with Gasteiger partial charge in [-0.1, -0.05) is 0 Å². The number of thiazole rings is 1. The Kier molecular flexibility index (Phi) is 7.01. The van der Waals surface area contributed by atoms with Gasteiger partial charge in [0.25, 0.3) is 0 Å². The van der Waals surface area contributed by atoms with Crippen molar-refractivity contribution in [3.05, 3.63) is 16.1 Å². The first kappa shape index (κ1) is 16.6. The Labute approximate surface area is 135 Å². The number of hydrogen-bond donors (Lipinski definition) is 2. The van der Waals surface area contributed by atoms with Crippen molar-refractivity contribution in [2.75, 3.05) is 19.6 Å². The van der Waals surface area contributed by atoms with Gasteiger partial charge in [-0.15, -0.1) is 35.3 Å². The van der Waals surface area contributed by atoms with Crippen LogP contribution in [0.3, 0.4) is 0 Å². The van der Waals surface area contributed by atoms with E-state index in [4.69, 9.17) is 0 Å². The summed E-state index contributed by atoms with van der Waals surface area (Å²) < 4.78 is 0. The molecule has 2 N–H and O–H groups in total. The molecule has 0 spiro atoms. The minimum Gasteiger partial charge on any atom is -0.391 e. The molecule has 19 heavy (non-hydrogen) atoms. The van der Waals surface area contributed by atoms with Crippen LogP contribution in [0.25, 0.3) is 0 Å². The molecule has 0 bridgehead atoms. The number of aromatic nitrogens is 1. The number of aliphatic hydroxyl groups excluding tert-OH is 1. The highest BCUT2D eigenvalue weighted by Gasteiger charge is 2.22. The third-order valence-electron chi connectivity index (χ3n) is 3.02. The van der Waals surface area contributed by atoms with Crippen LogP contribution in [0, 0.1) is 6.92 Å². The van der Waals surface area contributed by atoms with Crippen molar-refractivity contribution in [2.24, 2.45) is 4.99 Å². The molecule has 1 atom stereocenters. The first-order valence-electron chi connectivity index (χ1n) is 6.31. The van der Waals surface area contributed by atoms with E-state index in [9.17, 15) is 5.11 Å². The van der Waals surface area contributed by atoms with Gasteiger partial charge in [-0.05, 0) is 20.3 Å². The fourth-order valence-electron chi connectivity index (χ4n) is 1.98. The molecule has 5 nitrogen and oxygen atoms in total. The summed E-state index contributed by atoms with van der Waals surface area (Å²) in [6.45, 7) is 7.11. The molecular formula is C12H21IN4OS. The molecule has 1 aromatic rings. The third-order valence-corrected chi connectivity index (χ3v) is 3.93. The number of β-amino-alcohol motifs (C(OH)–C–C–N with tert-alkyl or cyclic N) is 1. The Morgan fingerprint density at radius 2 is 2.47 bits per heavy atom. The van der Waals surface area contributed by atoms with E-state index < -0.39 is 0 Å². The van der Waals surface area contributed by atoms with Gasteiger partial charge in [-0.3, -0.25) is 0 Å². The van der Waals surface area contributed by atoms with Crippen LogP contribution in [0.15, 0.2) is 10.5 Å². The van der Waals surface area contributed by atoms with E-state index in [2.05, 4.69) is 27.1 Å². The Bertz CT molecular complexity index is 424. The average molecular weight is 396 g/mol. The van der Waals surface area contributed by atoms with Crippen molar-refractivity contribution in [1.82, 2.24) is 15.2 Å². The quantitative estimate of drug-likeness (QED) is 0.463. The maximum absolute atomic E-state index is 9.58.